The molecule has 0 saturated heterocycles. The summed E-state index contributed by atoms with van der Waals surface area (Å²) in [6, 6.07) is 7.22. The fraction of sp³-hybridized carbons (Fsp3) is 0.200. The molecule has 0 atom stereocenters. The Kier molecular flexibility index (Phi) is 5.69. The standard InChI is InChI=1S/C10H10O3.Na.H/c1-7-2-4-8(5-3-7)6-9(11)10(12)13;;/h2-5H,6H2,1H3,(H,12,13);;. The molecule has 0 amide bonds. The summed E-state index contributed by atoms with van der Waals surface area (Å²) in [5.41, 5.74) is 1.82. The van der Waals surface area contributed by atoms with E-state index in [1.807, 2.05) is 19.1 Å². The molecule has 0 aromatic heterocycles. The topological polar surface area (TPSA) is 54.4 Å². The SMILES string of the molecule is Cc1ccc(CC(=O)C(=O)O)cc1.[NaH]. The first-order chi connectivity index (χ1) is 6.09. The summed E-state index contributed by atoms with van der Waals surface area (Å²) in [6.45, 7) is 1.93. The van der Waals surface area contributed by atoms with Gasteiger partial charge in [-0.3, -0.25) is 4.79 Å². The minimum atomic E-state index is -1.37. The molecule has 0 aliphatic rings. The second-order valence-corrected chi connectivity index (χ2v) is 2.89. The fourth-order valence-corrected chi connectivity index (χ4v) is 0.967. The van der Waals surface area contributed by atoms with Crippen molar-refractivity contribution in [2.75, 3.05) is 0 Å². The van der Waals surface area contributed by atoms with Crippen molar-refractivity contribution in [2.24, 2.45) is 0 Å². The minimum absolute atomic E-state index is 0. The number of rotatable bonds is 3. The van der Waals surface area contributed by atoms with E-state index in [0.717, 1.165) is 11.1 Å². The summed E-state index contributed by atoms with van der Waals surface area (Å²) < 4.78 is 0. The molecule has 4 heteroatoms. The number of aliphatic carboxylic acids is 1. The van der Waals surface area contributed by atoms with Gasteiger partial charge in [-0.15, -0.1) is 0 Å². The molecule has 0 radical (unpaired) electrons. The molecule has 0 aliphatic carbocycles. The van der Waals surface area contributed by atoms with Crippen LogP contribution in [0.25, 0.3) is 0 Å². The summed E-state index contributed by atoms with van der Waals surface area (Å²) in [4.78, 5) is 21.0. The first kappa shape index (κ1) is 13.4. The molecule has 0 bridgehead atoms. The van der Waals surface area contributed by atoms with Gasteiger partial charge in [0.05, 0.1) is 0 Å². The third-order valence-electron chi connectivity index (χ3n) is 1.72. The number of carbonyl (C=O) groups is 2. The molecule has 0 saturated carbocycles. The van der Waals surface area contributed by atoms with Crippen LogP contribution in [0.3, 0.4) is 0 Å². The Morgan fingerprint density at radius 3 is 2.14 bits per heavy atom. The Labute approximate surface area is 104 Å². The van der Waals surface area contributed by atoms with Gasteiger partial charge in [-0.05, 0) is 12.5 Å². The van der Waals surface area contributed by atoms with Gasteiger partial charge in [0.2, 0.25) is 5.78 Å². The molecule has 3 nitrogen and oxygen atoms in total. The Morgan fingerprint density at radius 1 is 1.21 bits per heavy atom. The van der Waals surface area contributed by atoms with Crippen molar-refractivity contribution in [2.45, 2.75) is 13.3 Å². The number of ketones is 1. The summed E-state index contributed by atoms with van der Waals surface area (Å²) in [5.74, 6) is -2.15. The number of Topliss-reactive ketones (excluding diaryl/α,β-unsaturated/α-hetero) is 1. The van der Waals surface area contributed by atoms with E-state index in [-0.39, 0.29) is 36.0 Å². The third kappa shape index (κ3) is 4.05. The average Bonchev–Trinajstić information content (AvgIpc) is 2.08. The van der Waals surface area contributed by atoms with E-state index in [9.17, 15) is 9.59 Å². The van der Waals surface area contributed by atoms with E-state index in [2.05, 4.69) is 0 Å². The Balaban J connectivity index is 0.00000169. The van der Waals surface area contributed by atoms with Gasteiger partial charge in [0.1, 0.15) is 0 Å². The van der Waals surface area contributed by atoms with Crippen molar-refractivity contribution in [3.63, 3.8) is 0 Å². The summed E-state index contributed by atoms with van der Waals surface area (Å²) in [7, 11) is 0. The van der Waals surface area contributed by atoms with Crippen molar-refractivity contribution in [3.8, 4) is 0 Å². The second-order valence-electron chi connectivity index (χ2n) is 2.89. The van der Waals surface area contributed by atoms with E-state index in [1.54, 1.807) is 12.1 Å². The van der Waals surface area contributed by atoms with E-state index in [1.165, 1.54) is 0 Å². The van der Waals surface area contributed by atoms with Crippen LogP contribution >= 0.6 is 0 Å². The van der Waals surface area contributed by atoms with Gasteiger partial charge in [0.15, 0.2) is 0 Å². The normalized spacial score (nSPS) is 8.93. The monoisotopic (exact) mass is 202 g/mol. The molecule has 0 fully saturated rings. The van der Waals surface area contributed by atoms with E-state index >= 15 is 0 Å². The molecular formula is C10H11NaO3. The Morgan fingerprint density at radius 2 is 1.71 bits per heavy atom. The summed E-state index contributed by atoms with van der Waals surface area (Å²) >= 11 is 0. The van der Waals surface area contributed by atoms with E-state index < -0.39 is 11.8 Å². The van der Waals surface area contributed by atoms with Gasteiger partial charge >= 0.3 is 35.5 Å². The van der Waals surface area contributed by atoms with Crippen LogP contribution in [-0.2, 0) is 16.0 Å². The number of carbonyl (C=O) groups excluding carboxylic acids is 1. The van der Waals surface area contributed by atoms with Crippen molar-refractivity contribution < 1.29 is 14.7 Å². The van der Waals surface area contributed by atoms with Crippen molar-refractivity contribution in [1.82, 2.24) is 0 Å². The van der Waals surface area contributed by atoms with E-state index in [4.69, 9.17) is 5.11 Å². The van der Waals surface area contributed by atoms with Crippen molar-refractivity contribution in [3.05, 3.63) is 35.4 Å². The maximum absolute atomic E-state index is 10.8. The number of aryl methyl sites for hydroxylation is 1. The van der Waals surface area contributed by atoms with Gasteiger partial charge in [-0.25, -0.2) is 4.79 Å². The predicted molar refractivity (Wildman–Crippen MR) is 54.7 cm³/mol. The molecule has 0 spiro atoms. The van der Waals surface area contributed by atoms with Crippen LogP contribution in [0.15, 0.2) is 24.3 Å². The van der Waals surface area contributed by atoms with Crippen molar-refractivity contribution >= 4 is 41.3 Å². The fourth-order valence-electron chi connectivity index (χ4n) is 0.967. The molecule has 0 unspecified atom stereocenters. The second kappa shape index (κ2) is 5.96. The number of benzene rings is 1. The van der Waals surface area contributed by atoms with Crippen molar-refractivity contribution in [1.29, 1.82) is 0 Å². The number of carboxylic acid groups (broad SMARTS) is 1. The molecule has 0 heterocycles. The average molecular weight is 202 g/mol. The molecule has 0 aliphatic heterocycles. The van der Waals surface area contributed by atoms with Gasteiger partial charge in [-0.2, -0.15) is 0 Å². The quantitative estimate of drug-likeness (QED) is 0.575. The number of carboxylic acids is 1. The molecule has 1 rings (SSSR count). The predicted octanol–water partition coefficient (Wildman–Crippen LogP) is 0.543. The Hall–Kier alpha value is -0.640. The molecular weight excluding hydrogens is 191 g/mol. The first-order valence-corrected chi connectivity index (χ1v) is 3.91. The number of hydrogen-bond donors (Lipinski definition) is 1. The molecule has 1 aromatic carbocycles. The number of hydrogen-bond acceptors (Lipinski definition) is 2. The molecule has 1 N–H and O–H groups in total. The van der Waals surface area contributed by atoms with Gasteiger partial charge < -0.3 is 5.11 Å². The van der Waals surface area contributed by atoms with Crippen LogP contribution in [-0.4, -0.2) is 46.4 Å². The summed E-state index contributed by atoms with van der Waals surface area (Å²) in [6.07, 6.45) is -0.0321. The summed E-state index contributed by atoms with van der Waals surface area (Å²) in [5, 5.41) is 8.35. The van der Waals surface area contributed by atoms with Gasteiger partial charge in [0.25, 0.3) is 0 Å². The zero-order valence-corrected chi connectivity index (χ0v) is 7.28. The first-order valence-electron chi connectivity index (χ1n) is 3.91. The molecule has 70 valence electrons. The van der Waals surface area contributed by atoms with Crippen LogP contribution in [0.5, 0.6) is 0 Å². The van der Waals surface area contributed by atoms with Gasteiger partial charge in [-0.1, -0.05) is 29.8 Å². The molecule has 1 aromatic rings. The Bertz CT molecular complexity index is 330. The van der Waals surface area contributed by atoms with Crippen LogP contribution in [0.1, 0.15) is 11.1 Å². The maximum atomic E-state index is 10.8. The van der Waals surface area contributed by atoms with Crippen LogP contribution in [0.4, 0.5) is 0 Å². The third-order valence-corrected chi connectivity index (χ3v) is 1.72. The zero-order chi connectivity index (χ0) is 9.84. The van der Waals surface area contributed by atoms with Crippen LogP contribution in [0.2, 0.25) is 0 Å². The zero-order valence-electron chi connectivity index (χ0n) is 7.28. The van der Waals surface area contributed by atoms with Gasteiger partial charge in [0, 0.05) is 6.42 Å². The van der Waals surface area contributed by atoms with E-state index in [0.29, 0.717) is 0 Å². The van der Waals surface area contributed by atoms with Crippen LogP contribution in [0, 0.1) is 6.92 Å². The molecule has 14 heavy (non-hydrogen) atoms. The van der Waals surface area contributed by atoms with Crippen LogP contribution < -0.4 is 0 Å².